The molecule has 0 aliphatic rings. The van der Waals surface area contributed by atoms with Crippen molar-refractivity contribution in [2.24, 2.45) is 0 Å². The van der Waals surface area contributed by atoms with Gasteiger partial charge in [0, 0.05) is 25.7 Å². The second kappa shape index (κ2) is 19.8. The van der Waals surface area contributed by atoms with Gasteiger partial charge in [-0.15, -0.1) is 0 Å². The van der Waals surface area contributed by atoms with Crippen molar-refractivity contribution in [2.75, 3.05) is 13.2 Å². The third kappa shape index (κ3) is 45.1. The van der Waals surface area contributed by atoms with E-state index in [4.69, 9.17) is 30.6 Å². The van der Waals surface area contributed by atoms with E-state index in [1.165, 1.54) is 0 Å². The Bertz CT molecular complexity index is 308. The predicted octanol–water partition coefficient (Wildman–Crippen LogP) is 0.0129. The molecule has 0 unspecified atom stereocenters. The SMILES string of the molecule is O=C(O)CCCC(=O)O.O=C(O)CCCCC(=O)O.OCCO. The van der Waals surface area contributed by atoms with Gasteiger partial charge in [-0.1, -0.05) is 0 Å². The zero-order valence-electron chi connectivity index (χ0n) is 12.7. The predicted molar refractivity (Wildman–Crippen MR) is 77.0 cm³/mol. The normalized spacial score (nSPS) is 8.78. The maximum absolute atomic E-state index is 9.90. The third-order valence-corrected chi connectivity index (χ3v) is 1.91. The van der Waals surface area contributed by atoms with Crippen LogP contribution in [-0.2, 0) is 19.2 Å². The zero-order valence-corrected chi connectivity index (χ0v) is 12.7. The van der Waals surface area contributed by atoms with Crippen LogP contribution in [0.2, 0.25) is 0 Å². The number of hydrogen-bond acceptors (Lipinski definition) is 6. The fourth-order valence-corrected chi connectivity index (χ4v) is 0.943. The van der Waals surface area contributed by atoms with Crippen molar-refractivity contribution in [1.29, 1.82) is 0 Å². The minimum absolute atomic E-state index is 0.0628. The van der Waals surface area contributed by atoms with Gasteiger partial charge in [-0.25, -0.2) is 0 Å². The highest BCUT2D eigenvalue weighted by atomic mass is 16.4. The van der Waals surface area contributed by atoms with Gasteiger partial charge < -0.3 is 30.6 Å². The Balaban J connectivity index is -0.000000284. The molecule has 0 amide bonds. The monoisotopic (exact) mass is 340 g/mol. The smallest absolute Gasteiger partial charge is 0.303 e. The first kappa shape index (κ1) is 25.7. The van der Waals surface area contributed by atoms with Gasteiger partial charge in [0.1, 0.15) is 0 Å². The van der Waals surface area contributed by atoms with Crippen molar-refractivity contribution in [1.82, 2.24) is 0 Å². The lowest BCUT2D eigenvalue weighted by molar-refractivity contribution is -0.139. The molecule has 0 aromatic carbocycles. The van der Waals surface area contributed by atoms with E-state index in [1.54, 1.807) is 0 Å². The fourth-order valence-electron chi connectivity index (χ4n) is 0.943. The number of aliphatic hydroxyl groups excluding tert-OH is 2. The van der Waals surface area contributed by atoms with Gasteiger partial charge in [0.05, 0.1) is 13.2 Å². The summed E-state index contributed by atoms with van der Waals surface area (Å²) >= 11 is 0. The molecule has 0 radical (unpaired) electrons. The lowest BCUT2D eigenvalue weighted by Crippen LogP contribution is -1.98. The summed E-state index contributed by atoms with van der Waals surface area (Å²) in [7, 11) is 0. The molecule has 10 heteroatoms. The summed E-state index contributed by atoms with van der Waals surface area (Å²) in [6.45, 7) is -0.250. The van der Waals surface area contributed by atoms with E-state index in [0.29, 0.717) is 12.8 Å². The number of aliphatic carboxylic acids is 4. The number of aliphatic hydroxyl groups is 2. The van der Waals surface area contributed by atoms with Crippen LogP contribution in [0.15, 0.2) is 0 Å². The molecule has 0 atom stereocenters. The number of carbonyl (C=O) groups is 4. The average Bonchev–Trinajstić information content (AvgIpc) is 2.43. The lowest BCUT2D eigenvalue weighted by atomic mass is 10.2. The van der Waals surface area contributed by atoms with Crippen molar-refractivity contribution in [3.8, 4) is 0 Å². The van der Waals surface area contributed by atoms with E-state index >= 15 is 0 Å². The minimum atomic E-state index is -0.948. The van der Waals surface area contributed by atoms with E-state index in [2.05, 4.69) is 0 Å². The van der Waals surface area contributed by atoms with Gasteiger partial charge >= 0.3 is 23.9 Å². The maximum atomic E-state index is 9.90. The number of rotatable bonds is 10. The third-order valence-electron chi connectivity index (χ3n) is 1.91. The molecular formula is C13H24O10. The van der Waals surface area contributed by atoms with E-state index < -0.39 is 23.9 Å². The molecule has 0 aromatic rings. The Morgan fingerprint density at radius 1 is 0.478 bits per heavy atom. The number of carboxylic acid groups (broad SMARTS) is 4. The van der Waals surface area contributed by atoms with Gasteiger partial charge in [0.25, 0.3) is 0 Å². The van der Waals surface area contributed by atoms with Crippen LogP contribution in [0.4, 0.5) is 0 Å². The van der Waals surface area contributed by atoms with Gasteiger partial charge in [-0.05, 0) is 19.3 Å². The Hall–Kier alpha value is -2.20. The van der Waals surface area contributed by atoms with Crippen molar-refractivity contribution in [3.63, 3.8) is 0 Å². The lowest BCUT2D eigenvalue weighted by Gasteiger charge is -1.92. The maximum Gasteiger partial charge on any atom is 0.303 e. The van der Waals surface area contributed by atoms with Crippen LogP contribution < -0.4 is 0 Å². The molecule has 136 valence electrons. The first-order chi connectivity index (χ1) is 10.7. The van der Waals surface area contributed by atoms with E-state index in [1.807, 2.05) is 0 Å². The van der Waals surface area contributed by atoms with E-state index in [0.717, 1.165) is 0 Å². The first-order valence-electron chi connectivity index (χ1n) is 6.76. The van der Waals surface area contributed by atoms with Gasteiger partial charge in [-0.3, -0.25) is 19.2 Å². The molecule has 0 aliphatic heterocycles. The largest absolute Gasteiger partial charge is 0.481 e. The zero-order chi connectivity index (χ0) is 18.7. The molecule has 0 saturated carbocycles. The molecule has 23 heavy (non-hydrogen) atoms. The van der Waals surface area contributed by atoms with E-state index in [-0.39, 0.29) is 45.3 Å². The van der Waals surface area contributed by atoms with Crippen LogP contribution >= 0.6 is 0 Å². The molecule has 0 spiro atoms. The summed E-state index contributed by atoms with van der Waals surface area (Å²) in [5.74, 6) is -3.64. The van der Waals surface area contributed by atoms with E-state index in [9.17, 15) is 19.2 Å². The molecule has 0 bridgehead atoms. The molecule has 0 saturated heterocycles. The van der Waals surface area contributed by atoms with Crippen LogP contribution in [0.1, 0.15) is 44.9 Å². The minimum Gasteiger partial charge on any atom is -0.481 e. The molecule has 6 N–H and O–H groups in total. The highest BCUT2D eigenvalue weighted by molar-refractivity contribution is 5.70. The fraction of sp³-hybridized carbons (Fsp3) is 0.692. The Morgan fingerprint density at radius 3 is 0.870 bits per heavy atom. The Labute approximate surface area is 133 Å². The van der Waals surface area contributed by atoms with Gasteiger partial charge in [-0.2, -0.15) is 0 Å². The molecule has 0 aromatic heterocycles. The summed E-state index contributed by atoms with van der Waals surface area (Å²) < 4.78 is 0. The first-order valence-corrected chi connectivity index (χ1v) is 6.76. The molecule has 0 aliphatic carbocycles. The van der Waals surface area contributed by atoms with Crippen molar-refractivity contribution in [3.05, 3.63) is 0 Å². The quantitative estimate of drug-likeness (QED) is 0.295. The van der Waals surface area contributed by atoms with Crippen molar-refractivity contribution in [2.45, 2.75) is 44.9 Å². The van der Waals surface area contributed by atoms with Crippen LogP contribution in [-0.4, -0.2) is 67.7 Å². The number of hydrogen-bond donors (Lipinski definition) is 6. The van der Waals surface area contributed by atoms with Crippen molar-refractivity contribution < 1.29 is 49.8 Å². The number of unbranched alkanes of at least 4 members (excludes halogenated alkanes) is 1. The highest BCUT2D eigenvalue weighted by Gasteiger charge is 2.00. The molecular weight excluding hydrogens is 316 g/mol. The summed E-state index contributed by atoms with van der Waals surface area (Å²) in [6, 6.07) is 0. The Morgan fingerprint density at radius 2 is 0.696 bits per heavy atom. The second-order valence-corrected chi connectivity index (χ2v) is 4.08. The number of carboxylic acids is 4. The Kier molecular flexibility index (Phi) is 22.2. The summed E-state index contributed by atoms with van der Waals surface area (Å²) in [5, 5.41) is 47.6. The van der Waals surface area contributed by atoms with Gasteiger partial charge in [0.2, 0.25) is 0 Å². The van der Waals surface area contributed by atoms with Gasteiger partial charge in [0.15, 0.2) is 0 Å². The summed E-state index contributed by atoms with van der Waals surface area (Å²) in [6.07, 6.45) is 1.10. The van der Waals surface area contributed by atoms with Crippen LogP contribution in [0.25, 0.3) is 0 Å². The summed E-state index contributed by atoms with van der Waals surface area (Å²) in [4.78, 5) is 39.4. The standard InChI is InChI=1S/C6H10O4.C5H8O4.C2H6O2/c7-5(8)3-1-2-4-6(9)10;6-4(7)2-1-3-5(8)9;3-1-2-4/h1-4H2,(H,7,8)(H,9,10);1-3H2,(H,6,7)(H,8,9);3-4H,1-2H2. The van der Waals surface area contributed by atoms with Crippen LogP contribution in [0, 0.1) is 0 Å². The van der Waals surface area contributed by atoms with Crippen LogP contribution in [0.3, 0.4) is 0 Å². The highest BCUT2D eigenvalue weighted by Crippen LogP contribution is 1.98. The average molecular weight is 340 g/mol. The van der Waals surface area contributed by atoms with Crippen molar-refractivity contribution >= 4 is 23.9 Å². The summed E-state index contributed by atoms with van der Waals surface area (Å²) in [5.41, 5.74) is 0. The van der Waals surface area contributed by atoms with Crippen LogP contribution in [0.5, 0.6) is 0 Å². The topological polar surface area (TPSA) is 190 Å². The molecule has 0 rings (SSSR count). The second-order valence-electron chi connectivity index (χ2n) is 4.08. The molecule has 0 fully saturated rings. The molecule has 0 heterocycles. The molecule has 10 nitrogen and oxygen atoms in total.